The summed E-state index contributed by atoms with van der Waals surface area (Å²) in [7, 11) is 1.70. The fraction of sp³-hybridized carbons (Fsp3) is 0.600. The highest BCUT2D eigenvalue weighted by molar-refractivity contribution is 9.10. The van der Waals surface area contributed by atoms with Crippen molar-refractivity contribution in [1.29, 1.82) is 0 Å². The number of benzene rings is 1. The van der Waals surface area contributed by atoms with Crippen LogP contribution in [-0.4, -0.2) is 24.4 Å². The zero-order valence-corrected chi connectivity index (χ0v) is 14.2. The molecule has 0 bridgehead atoms. The smallest absolute Gasteiger partial charge is 0.126 e. The van der Waals surface area contributed by atoms with E-state index < -0.39 is 0 Å². The van der Waals surface area contributed by atoms with Crippen LogP contribution >= 0.6 is 15.9 Å². The molecule has 4 heteroatoms. The second kappa shape index (κ2) is 6.25. The van der Waals surface area contributed by atoms with E-state index in [4.69, 9.17) is 4.74 Å². The predicted molar refractivity (Wildman–Crippen MR) is 82.9 cm³/mol. The second-order valence-corrected chi connectivity index (χ2v) is 6.39. The number of rotatable bonds is 5. The Hall–Kier alpha value is -0.580. The summed E-state index contributed by atoms with van der Waals surface area (Å²) in [5.74, 6) is 0.930. The summed E-state index contributed by atoms with van der Waals surface area (Å²) < 4.78 is 6.70. The Kier molecular flexibility index (Phi) is 5.42. The predicted octanol–water partition coefficient (Wildman–Crippen LogP) is 3.24. The number of halogens is 1. The zero-order valence-electron chi connectivity index (χ0n) is 12.6. The minimum absolute atomic E-state index is 0.0976. The van der Waals surface area contributed by atoms with Gasteiger partial charge in [-0.05, 0) is 51.3 Å². The Labute approximate surface area is 124 Å². The molecule has 0 saturated heterocycles. The average molecular weight is 330 g/mol. The van der Waals surface area contributed by atoms with Crippen molar-refractivity contribution in [2.75, 3.05) is 13.7 Å². The van der Waals surface area contributed by atoms with Gasteiger partial charge in [0.15, 0.2) is 0 Å². The van der Waals surface area contributed by atoms with Crippen LogP contribution in [0.1, 0.15) is 36.1 Å². The summed E-state index contributed by atoms with van der Waals surface area (Å²) in [6.45, 7) is 11.0. The summed E-state index contributed by atoms with van der Waals surface area (Å²) in [6.07, 6.45) is 0. The topological polar surface area (TPSA) is 41.5 Å². The van der Waals surface area contributed by atoms with Crippen LogP contribution in [0.2, 0.25) is 0 Å². The minimum Gasteiger partial charge on any atom is -0.496 e. The Morgan fingerprint density at radius 1 is 1.16 bits per heavy atom. The van der Waals surface area contributed by atoms with Crippen LogP contribution in [0.15, 0.2) is 4.47 Å². The highest BCUT2D eigenvalue weighted by Gasteiger charge is 2.20. The first-order chi connectivity index (χ1) is 8.75. The lowest BCUT2D eigenvalue weighted by Crippen LogP contribution is -2.42. The molecule has 0 fully saturated rings. The molecule has 0 unspecified atom stereocenters. The van der Waals surface area contributed by atoms with Gasteiger partial charge in [0.2, 0.25) is 0 Å². The van der Waals surface area contributed by atoms with Crippen LogP contribution in [0.5, 0.6) is 5.75 Å². The van der Waals surface area contributed by atoms with Crippen molar-refractivity contribution >= 4 is 15.9 Å². The van der Waals surface area contributed by atoms with E-state index in [2.05, 4.69) is 42.0 Å². The van der Waals surface area contributed by atoms with Gasteiger partial charge in [-0.2, -0.15) is 0 Å². The molecular formula is C15H24BrNO2. The number of aliphatic hydroxyl groups is 1. The molecule has 0 spiro atoms. The lowest BCUT2D eigenvalue weighted by Gasteiger charge is -2.26. The van der Waals surface area contributed by atoms with Crippen LogP contribution in [-0.2, 0) is 6.54 Å². The van der Waals surface area contributed by atoms with Gasteiger partial charge in [0, 0.05) is 22.1 Å². The summed E-state index contributed by atoms with van der Waals surface area (Å²) in [5.41, 5.74) is 4.38. The van der Waals surface area contributed by atoms with Crippen molar-refractivity contribution in [2.24, 2.45) is 0 Å². The maximum absolute atomic E-state index is 9.32. The molecule has 0 atom stereocenters. The summed E-state index contributed by atoms with van der Waals surface area (Å²) in [5, 5.41) is 12.7. The van der Waals surface area contributed by atoms with Crippen molar-refractivity contribution in [2.45, 2.75) is 46.7 Å². The summed E-state index contributed by atoms with van der Waals surface area (Å²) >= 11 is 3.65. The molecule has 1 rings (SSSR count). The van der Waals surface area contributed by atoms with Gasteiger partial charge in [0.25, 0.3) is 0 Å². The molecule has 2 N–H and O–H groups in total. The number of methoxy groups -OCH3 is 1. The maximum atomic E-state index is 9.32. The molecule has 108 valence electrons. The fourth-order valence-electron chi connectivity index (χ4n) is 2.02. The van der Waals surface area contributed by atoms with Gasteiger partial charge < -0.3 is 15.2 Å². The molecule has 3 nitrogen and oxygen atoms in total. The van der Waals surface area contributed by atoms with E-state index in [0.717, 1.165) is 21.3 Å². The molecule has 0 aliphatic rings. The number of hydrogen-bond donors (Lipinski definition) is 2. The molecule has 0 heterocycles. The van der Waals surface area contributed by atoms with Gasteiger partial charge >= 0.3 is 0 Å². The lowest BCUT2D eigenvalue weighted by molar-refractivity contribution is 0.187. The van der Waals surface area contributed by atoms with E-state index >= 15 is 0 Å². The monoisotopic (exact) mass is 329 g/mol. The van der Waals surface area contributed by atoms with Gasteiger partial charge in [-0.25, -0.2) is 0 Å². The molecule has 19 heavy (non-hydrogen) atoms. The van der Waals surface area contributed by atoms with Crippen molar-refractivity contribution in [3.8, 4) is 5.75 Å². The van der Waals surface area contributed by atoms with Crippen molar-refractivity contribution < 1.29 is 9.84 Å². The SMILES string of the molecule is COc1c(C)c(C)c(Br)c(C)c1CNC(C)(C)CO. The standard InChI is InChI=1S/C15H24BrNO2/c1-9-10(2)14(19-6)12(11(3)13(9)16)7-17-15(4,5)8-18/h17-18H,7-8H2,1-6H3. The van der Waals surface area contributed by atoms with Crippen LogP contribution < -0.4 is 10.1 Å². The molecule has 0 amide bonds. The first-order valence-electron chi connectivity index (χ1n) is 6.43. The van der Waals surface area contributed by atoms with Crippen LogP contribution in [0.25, 0.3) is 0 Å². The van der Waals surface area contributed by atoms with E-state index in [-0.39, 0.29) is 12.1 Å². The summed E-state index contributed by atoms with van der Waals surface area (Å²) in [6, 6.07) is 0. The normalized spacial score (nSPS) is 11.8. The van der Waals surface area contributed by atoms with Gasteiger partial charge in [-0.1, -0.05) is 15.9 Å². The molecule has 0 aliphatic carbocycles. The van der Waals surface area contributed by atoms with Crippen LogP contribution in [0.4, 0.5) is 0 Å². The molecule has 0 saturated carbocycles. The highest BCUT2D eigenvalue weighted by Crippen LogP contribution is 2.36. The Morgan fingerprint density at radius 3 is 2.21 bits per heavy atom. The second-order valence-electron chi connectivity index (χ2n) is 5.60. The number of hydrogen-bond acceptors (Lipinski definition) is 3. The zero-order chi connectivity index (χ0) is 14.8. The van der Waals surface area contributed by atoms with Crippen molar-refractivity contribution in [3.05, 3.63) is 26.7 Å². The van der Waals surface area contributed by atoms with Crippen molar-refractivity contribution in [1.82, 2.24) is 5.32 Å². The van der Waals surface area contributed by atoms with Crippen LogP contribution in [0.3, 0.4) is 0 Å². The largest absolute Gasteiger partial charge is 0.496 e. The van der Waals surface area contributed by atoms with Gasteiger partial charge in [-0.15, -0.1) is 0 Å². The average Bonchev–Trinajstić information content (AvgIpc) is 2.39. The quantitative estimate of drug-likeness (QED) is 0.871. The molecule has 0 aromatic heterocycles. The highest BCUT2D eigenvalue weighted by atomic mass is 79.9. The minimum atomic E-state index is -0.303. The third-order valence-electron chi connectivity index (χ3n) is 3.63. The number of ether oxygens (including phenoxy) is 1. The van der Waals surface area contributed by atoms with E-state index in [9.17, 15) is 5.11 Å². The molecule has 1 aromatic carbocycles. The molecule has 0 aliphatic heterocycles. The Bertz CT molecular complexity index is 470. The molecule has 0 radical (unpaired) electrons. The number of aliphatic hydroxyl groups excluding tert-OH is 1. The molecule has 1 aromatic rings. The van der Waals surface area contributed by atoms with E-state index in [1.165, 1.54) is 11.1 Å². The van der Waals surface area contributed by atoms with E-state index in [1.54, 1.807) is 7.11 Å². The van der Waals surface area contributed by atoms with E-state index in [1.807, 2.05) is 13.8 Å². The maximum Gasteiger partial charge on any atom is 0.126 e. The Balaban J connectivity index is 3.20. The third kappa shape index (κ3) is 3.50. The molecular weight excluding hydrogens is 306 g/mol. The van der Waals surface area contributed by atoms with Crippen LogP contribution in [0, 0.1) is 20.8 Å². The van der Waals surface area contributed by atoms with Gasteiger partial charge in [0.05, 0.1) is 13.7 Å². The van der Waals surface area contributed by atoms with Crippen molar-refractivity contribution in [3.63, 3.8) is 0 Å². The summed E-state index contributed by atoms with van der Waals surface area (Å²) in [4.78, 5) is 0. The van der Waals surface area contributed by atoms with E-state index in [0.29, 0.717) is 6.54 Å². The first-order valence-corrected chi connectivity index (χ1v) is 7.22. The fourth-order valence-corrected chi connectivity index (χ4v) is 2.55. The first kappa shape index (κ1) is 16.5. The Morgan fingerprint density at radius 2 is 1.74 bits per heavy atom. The number of nitrogens with one attached hydrogen (secondary N) is 1. The lowest BCUT2D eigenvalue weighted by atomic mass is 9.97. The van der Waals surface area contributed by atoms with Gasteiger partial charge in [-0.3, -0.25) is 0 Å². The third-order valence-corrected chi connectivity index (χ3v) is 4.82. The van der Waals surface area contributed by atoms with Gasteiger partial charge in [0.1, 0.15) is 5.75 Å².